The van der Waals surface area contributed by atoms with Crippen molar-refractivity contribution in [2.75, 3.05) is 26.7 Å². The molecule has 0 spiro atoms. The van der Waals surface area contributed by atoms with Crippen molar-refractivity contribution in [1.29, 1.82) is 0 Å². The monoisotopic (exact) mass is 254 g/mol. The van der Waals surface area contributed by atoms with Crippen LogP contribution in [0.2, 0.25) is 0 Å². The summed E-state index contributed by atoms with van der Waals surface area (Å²) in [6.07, 6.45) is 2.35. The third kappa shape index (κ3) is 3.75. The number of halogens is 2. The van der Waals surface area contributed by atoms with Crippen LogP contribution in [0.1, 0.15) is 18.4 Å². The zero-order valence-corrected chi connectivity index (χ0v) is 10.8. The van der Waals surface area contributed by atoms with Crippen LogP contribution in [0.3, 0.4) is 0 Å². The summed E-state index contributed by atoms with van der Waals surface area (Å²) in [4.78, 5) is 2.32. The molecule has 1 heterocycles. The maximum absolute atomic E-state index is 13.4. The molecule has 1 aromatic carbocycles. The lowest BCUT2D eigenvalue weighted by molar-refractivity contribution is 0.216. The molecule has 0 aliphatic carbocycles. The molecule has 1 aromatic rings. The van der Waals surface area contributed by atoms with Gasteiger partial charge in [-0.25, -0.2) is 8.78 Å². The van der Waals surface area contributed by atoms with Gasteiger partial charge < -0.3 is 10.2 Å². The third-order valence-electron chi connectivity index (χ3n) is 3.59. The van der Waals surface area contributed by atoms with E-state index in [1.807, 2.05) is 0 Å². The maximum Gasteiger partial charge on any atom is 0.127 e. The zero-order valence-electron chi connectivity index (χ0n) is 10.8. The molecule has 0 radical (unpaired) electrons. The van der Waals surface area contributed by atoms with Crippen LogP contribution in [0.5, 0.6) is 0 Å². The highest BCUT2D eigenvalue weighted by molar-refractivity contribution is 5.18. The smallest absolute Gasteiger partial charge is 0.127 e. The molecular weight excluding hydrogens is 234 g/mol. The Morgan fingerprint density at radius 3 is 2.72 bits per heavy atom. The van der Waals surface area contributed by atoms with E-state index in [-0.39, 0.29) is 11.6 Å². The summed E-state index contributed by atoms with van der Waals surface area (Å²) in [6, 6.07) is 3.59. The van der Waals surface area contributed by atoms with Crippen molar-refractivity contribution in [3.05, 3.63) is 35.4 Å². The van der Waals surface area contributed by atoms with Gasteiger partial charge >= 0.3 is 0 Å². The Morgan fingerprint density at radius 1 is 1.28 bits per heavy atom. The van der Waals surface area contributed by atoms with Crippen LogP contribution in [0, 0.1) is 17.6 Å². The topological polar surface area (TPSA) is 15.3 Å². The summed E-state index contributed by atoms with van der Waals surface area (Å²) in [7, 11) is 2.13. The highest BCUT2D eigenvalue weighted by Crippen LogP contribution is 2.15. The molecule has 1 N–H and O–H groups in total. The molecule has 0 atom stereocenters. The van der Waals surface area contributed by atoms with E-state index in [1.165, 1.54) is 25.0 Å². The predicted octanol–water partition coefficient (Wildman–Crippen LogP) is 2.40. The molecule has 0 bridgehead atoms. The first-order valence-electron chi connectivity index (χ1n) is 6.48. The molecule has 18 heavy (non-hydrogen) atoms. The van der Waals surface area contributed by atoms with E-state index >= 15 is 0 Å². The number of hydrogen-bond donors (Lipinski definition) is 1. The van der Waals surface area contributed by atoms with Crippen molar-refractivity contribution in [3.8, 4) is 0 Å². The highest BCUT2D eigenvalue weighted by Gasteiger charge is 2.16. The van der Waals surface area contributed by atoms with Gasteiger partial charge in [-0.15, -0.1) is 0 Å². The Morgan fingerprint density at radius 2 is 2.00 bits per heavy atom. The van der Waals surface area contributed by atoms with Gasteiger partial charge in [0.15, 0.2) is 0 Å². The second-order valence-corrected chi connectivity index (χ2v) is 5.11. The molecule has 0 aromatic heterocycles. The number of hydrogen-bond acceptors (Lipinski definition) is 2. The molecular formula is C14H20F2N2. The zero-order chi connectivity index (χ0) is 13.0. The predicted molar refractivity (Wildman–Crippen MR) is 68.3 cm³/mol. The molecule has 1 aliphatic rings. The number of benzene rings is 1. The maximum atomic E-state index is 13.4. The Bertz CT molecular complexity index is 387. The van der Waals surface area contributed by atoms with Crippen molar-refractivity contribution >= 4 is 0 Å². The van der Waals surface area contributed by atoms with Gasteiger partial charge in [0.1, 0.15) is 11.6 Å². The van der Waals surface area contributed by atoms with Gasteiger partial charge in [0, 0.05) is 12.1 Å². The number of likely N-dealkylation sites (tertiary alicyclic amines) is 1. The van der Waals surface area contributed by atoms with E-state index in [0.29, 0.717) is 18.0 Å². The minimum Gasteiger partial charge on any atom is -0.312 e. The average molecular weight is 254 g/mol. The van der Waals surface area contributed by atoms with Crippen LogP contribution in [0.25, 0.3) is 0 Å². The number of nitrogens with zero attached hydrogens (tertiary/aromatic N) is 1. The van der Waals surface area contributed by atoms with Crippen LogP contribution < -0.4 is 5.32 Å². The molecule has 1 saturated heterocycles. The largest absolute Gasteiger partial charge is 0.312 e. The second kappa shape index (κ2) is 6.25. The van der Waals surface area contributed by atoms with Crippen LogP contribution in [0.15, 0.2) is 18.2 Å². The van der Waals surface area contributed by atoms with Crippen LogP contribution in [-0.2, 0) is 6.54 Å². The summed E-state index contributed by atoms with van der Waals surface area (Å²) >= 11 is 0. The first-order chi connectivity index (χ1) is 8.65. The quantitative estimate of drug-likeness (QED) is 0.887. The summed E-state index contributed by atoms with van der Waals surface area (Å²) < 4.78 is 26.3. The van der Waals surface area contributed by atoms with Crippen molar-refractivity contribution < 1.29 is 8.78 Å². The normalized spacial score (nSPS) is 18.2. The molecule has 0 saturated carbocycles. The van der Waals surface area contributed by atoms with E-state index in [9.17, 15) is 8.78 Å². The van der Waals surface area contributed by atoms with Gasteiger partial charge in [-0.1, -0.05) is 0 Å². The van der Waals surface area contributed by atoms with Crippen LogP contribution in [-0.4, -0.2) is 31.6 Å². The van der Waals surface area contributed by atoms with Gasteiger partial charge in [-0.2, -0.15) is 0 Å². The lowest BCUT2D eigenvalue weighted by atomic mass is 9.97. The Balaban J connectivity index is 1.76. The Kier molecular flexibility index (Phi) is 4.66. The minimum absolute atomic E-state index is 0.340. The van der Waals surface area contributed by atoms with Crippen LogP contribution >= 0.6 is 0 Å². The number of piperidine rings is 1. The lowest BCUT2D eigenvalue weighted by Gasteiger charge is -2.29. The summed E-state index contributed by atoms with van der Waals surface area (Å²) in [6.45, 7) is 3.53. The molecule has 2 nitrogen and oxygen atoms in total. The van der Waals surface area contributed by atoms with Crippen molar-refractivity contribution in [1.82, 2.24) is 10.2 Å². The van der Waals surface area contributed by atoms with E-state index in [2.05, 4.69) is 17.3 Å². The standard InChI is InChI=1S/C14H20F2N2/c1-18-6-4-11(5-7-18)9-17-10-12-8-13(15)2-3-14(12)16/h2-3,8,11,17H,4-7,9-10H2,1H3. The van der Waals surface area contributed by atoms with Gasteiger partial charge in [-0.3, -0.25) is 0 Å². The van der Waals surface area contributed by atoms with Gasteiger partial charge in [0.25, 0.3) is 0 Å². The molecule has 1 fully saturated rings. The fourth-order valence-corrected chi connectivity index (χ4v) is 2.36. The molecule has 2 rings (SSSR count). The van der Waals surface area contributed by atoms with Crippen molar-refractivity contribution in [2.24, 2.45) is 5.92 Å². The fraction of sp³-hybridized carbons (Fsp3) is 0.571. The summed E-state index contributed by atoms with van der Waals surface area (Å²) in [5.74, 6) is -0.0717. The Hall–Kier alpha value is -1.00. The highest BCUT2D eigenvalue weighted by atomic mass is 19.1. The first-order valence-corrected chi connectivity index (χ1v) is 6.48. The fourth-order valence-electron chi connectivity index (χ4n) is 2.36. The van der Waals surface area contributed by atoms with E-state index in [0.717, 1.165) is 25.7 Å². The number of rotatable bonds is 4. The lowest BCUT2D eigenvalue weighted by Crippen LogP contribution is -2.34. The van der Waals surface area contributed by atoms with E-state index in [4.69, 9.17) is 0 Å². The summed E-state index contributed by atoms with van der Waals surface area (Å²) in [5.41, 5.74) is 0.405. The third-order valence-corrected chi connectivity index (χ3v) is 3.59. The summed E-state index contributed by atoms with van der Waals surface area (Å²) in [5, 5.41) is 3.23. The van der Waals surface area contributed by atoms with E-state index < -0.39 is 0 Å². The molecule has 100 valence electrons. The average Bonchev–Trinajstić information content (AvgIpc) is 2.36. The molecule has 0 amide bonds. The van der Waals surface area contributed by atoms with Gasteiger partial charge in [-0.05, 0) is 63.6 Å². The van der Waals surface area contributed by atoms with Crippen molar-refractivity contribution in [3.63, 3.8) is 0 Å². The first kappa shape index (κ1) is 13.4. The SMILES string of the molecule is CN1CCC(CNCc2cc(F)ccc2F)CC1. The van der Waals surface area contributed by atoms with E-state index in [1.54, 1.807) is 0 Å². The van der Waals surface area contributed by atoms with Gasteiger partial charge in [0.2, 0.25) is 0 Å². The molecule has 4 heteroatoms. The second-order valence-electron chi connectivity index (χ2n) is 5.11. The minimum atomic E-state index is -0.382. The van der Waals surface area contributed by atoms with Crippen molar-refractivity contribution in [2.45, 2.75) is 19.4 Å². The van der Waals surface area contributed by atoms with Gasteiger partial charge in [0.05, 0.1) is 0 Å². The van der Waals surface area contributed by atoms with Crippen LogP contribution in [0.4, 0.5) is 8.78 Å². The number of nitrogens with one attached hydrogen (secondary N) is 1. The molecule has 1 aliphatic heterocycles. The Labute approximate surface area is 107 Å². The molecule has 0 unspecified atom stereocenters.